The number of anilines is 1. The average molecular weight is 215 g/mol. The number of amides is 1. The maximum atomic E-state index is 12.3. The zero-order valence-corrected chi connectivity index (χ0v) is 9.41. The van der Waals surface area contributed by atoms with Crippen molar-refractivity contribution >= 4 is 17.4 Å². The molecule has 3 nitrogen and oxygen atoms in total. The Morgan fingerprint density at radius 2 is 2.06 bits per heavy atom. The summed E-state index contributed by atoms with van der Waals surface area (Å²) in [5.74, 6) is 0.0925. The lowest BCUT2D eigenvalue weighted by atomic mass is 10.1. The molecule has 2 aliphatic rings. The molecule has 0 N–H and O–H groups in total. The summed E-state index contributed by atoms with van der Waals surface area (Å²) in [6.07, 6.45) is 1.61. The Morgan fingerprint density at radius 1 is 1.38 bits per heavy atom. The van der Waals surface area contributed by atoms with Crippen molar-refractivity contribution in [2.75, 3.05) is 4.90 Å². The van der Waals surface area contributed by atoms with E-state index in [4.69, 9.17) is 0 Å². The number of benzene rings is 1. The van der Waals surface area contributed by atoms with E-state index in [-0.39, 0.29) is 11.7 Å². The van der Waals surface area contributed by atoms with Crippen molar-refractivity contribution in [2.24, 2.45) is 0 Å². The fourth-order valence-corrected chi connectivity index (χ4v) is 2.65. The lowest BCUT2D eigenvalue weighted by Gasteiger charge is -2.22. The van der Waals surface area contributed by atoms with Crippen LogP contribution >= 0.6 is 0 Å². The van der Waals surface area contributed by atoms with Gasteiger partial charge in [-0.2, -0.15) is 0 Å². The second-order valence-corrected chi connectivity index (χ2v) is 4.74. The monoisotopic (exact) mass is 215 g/mol. The van der Waals surface area contributed by atoms with E-state index in [0.29, 0.717) is 5.56 Å². The molecule has 0 saturated heterocycles. The Kier molecular flexibility index (Phi) is 1.63. The molecule has 1 heterocycles. The molecule has 82 valence electrons. The minimum Gasteiger partial charge on any atom is -0.298 e. The van der Waals surface area contributed by atoms with Crippen molar-refractivity contribution < 1.29 is 9.59 Å². The number of carbonyl (C=O) groups is 2. The molecule has 1 amide bonds. The maximum absolute atomic E-state index is 12.3. The van der Waals surface area contributed by atoms with Crippen LogP contribution in [0.4, 0.5) is 5.69 Å². The molecule has 1 spiro atoms. The zero-order chi connectivity index (χ0) is 11.5. The molecule has 0 radical (unpaired) electrons. The minimum atomic E-state index is -0.512. The number of carbonyl (C=O) groups excluding carboxylic acids is 2. The van der Waals surface area contributed by atoms with Gasteiger partial charge in [-0.25, -0.2) is 0 Å². The molecule has 0 unspecified atom stereocenters. The number of hydrogen-bond acceptors (Lipinski definition) is 2. The molecule has 1 aliphatic carbocycles. The van der Waals surface area contributed by atoms with Crippen molar-refractivity contribution in [2.45, 2.75) is 32.2 Å². The first-order valence-electron chi connectivity index (χ1n) is 5.52. The third kappa shape index (κ3) is 0.979. The Morgan fingerprint density at radius 3 is 2.62 bits per heavy atom. The van der Waals surface area contributed by atoms with E-state index in [2.05, 4.69) is 0 Å². The van der Waals surface area contributed by atoms with Crippen LogP contribution in [-0.4, -0.2) is 17.2 Å². The normalized spacial score (nSPS) is 20.1. The first-order chi connectivity index (χ1) is 7.56. The third-order valence-corrected chi connectivity index (χ3v) is 3.53. The highest BCUT2D eigenvalue weighted by molar-refractivity contribution is 6.21. The number of hydrogen-bond donors (Lipinski definition) is 0. The molecule has 1 aromatic carbocycles. The van der Waals surface area contributed by atoms with Crippen LogP contribution in [0.5, 0.6) is 0 Å². The summed E-state index contributed by atoms with van der Waals surface area (Å²) in [5, 5.41) is 0. The first-order valence-corrected chi connectivity index (χ1v) is 5.52. The number of fused-ring (bicyclic) bond motifs is 1. The van der Waals surface area contributed by atoms with Gasteiger partial charge < -0.3 is 0 Å². The largest absolute Gasteiger partial charge is 0.298 e. The van der Waals surface area contributed by atoms with Crippen molar-refractivity contribution in [3.63, 3.8) is 0 Å². The van der Waals surface area contributed by atoms with Gasteiger partial charge in [-0.05, 0) is 31.9 Å². The molecule has 16 heavy (non-hydrogen) atoms. The van der Waals surface area contributed by atoms with E-state index in [1.54, 1.807) is 4.90 Å². The predicted molar refractivity (Wildman–Crippen MR) is 60.6 cm³/mol. The van der Waals surface area contributed by atoms with E-state index in [9.17, 15) is 9.59 Å². The van der Waals surface area contributed by atoms with Crippen LogP contribution in [0.1, 0.15) is 35.7 Å². The van der Waals surface area contributed by atoms with E-state index < -0.39 is 5.54 Å². The van der Waals surface area contributed by atoms with Crippen LogP contribution in [0.3, 0.4) is 0 Å². The van der Waals surface area contributed by atoms with Gasteiger partial charge in [-0.3, -0.25) is 14.5 Å². The highest BCUT2D eigenvalue weighted by atomic mass is 16.2. The summed E-state index contributed by atoms with van der Waals surface area (Å²) in [6.45, 7) is 3.49. The summed E-state index contributed by atoms with van der Waals surface area (Å²) < 4.78 is 0. The van der Waals surface area contributed by atoms with Gasteiger partial charge in [-0.1, -0.05) is 11.6 Å². The highest BCUT2D eigenvalue weighted by Crippen LogP contribution is 2.53. The molecule has 0 aromatic heterocycles. The Hall–Kier alpha value is -1.64. The molecular formula is C13H13NO2. The van der Waals surface area contributed by atoms with E-state index in [1.807, 2.05) is 25.1 Å². The second kappa shape index (κ2) is 2.73. The molecule has 1 saturated carbocycles. The van der Waals surface area contributed by atoms with Crippen LogP contribution < -0.4 is 4.90 Å². The third-order valence-electron chi connectivity index (χ3n) is 3.53. The van der Waals surface area contributed by atoms with Gasteiger partial charge in [0.25, 0.3) is 0 Å². The number of aryl methyl sites for hydroxylation is 1. The van der Waals surface area contributed by atoms with Gasteiger partial charge in [0.15, 0.2) is 5.78 Å². The highest BCUT2D eigenvalue weighted by Gasteiger charge is 2.61. The van der Waals surface area contributed by atoms with Crippen LogP contribution in [0.25, 0.3) is 0 Å². The second-order valence-electron chi connectivity index (χ2n) is 4.74. The smallest absolute Gasteiger partial charge is 0.224 e. The average Bonchev–Trinajstić information content (AvgIpc) is 2.95. The Labute approximate surface area is 94.1 Å². The van der Waals surface area contributed by atoms with Crippen molar-refractivity contribution in [1.82, 2.24) is 0 Å². The van der Waals surface area contributed by atoms with Crippen LogP contribution in [0.2, 0.25) is 0 Å². The van der Waals surface area contributed by atoms with Gasteiger partial charge >= 0.3 is 0 Å². The van der Waals surface area contributed by atoms with Gasteiger partial charge in [0.05, 0.1) is 5.69 Å². The molecule has 1 fully saturated rings. The lowest BCUT2D eigenvalue weighted by Crippen LogP contribution is -2.40. The summed E-state index contributed by atoms with van der Waals surface area (Å²) in [5.41, 5.74) is 2.06. The Bertz CT molecular complexity index is 515. The van der Waals surface area contributed by atoms with Crippen LogP contribution in [-0.2, 0) is 4.79 Å². The van der Waals surface area contributed by atoms with Gasteiger partial charge in [0, 0.05) is 12.5 Å². The molecule has 3 rings (SSSR count). The zero-order valence-electron chi connectivity index (χ0n) is 9.41. The van der Waals surface area contributed by atoms with E-state index in [1.165, 1.54) is 6.92 Å². The predicted octanol–water partition coefficient (Wildman–Crippen LogP) is 2.08. The topological polar surface area (TPSA) is 37.4 Å². The summed E-state index contributed by atoms with van der Waals surface area (Å²) in [6, 6.07) is 5.72. The fraction of sp³-hybridized carbons (Fsp3) is 0.385. The van der Waals surface area contributed by atoms with Crippen molar-refractivity contribution in [1.29, 1.82) is 0 Å². The number of nitrogens with zero attached hydrogens (tertiary/aromatic N) is 1. The molecular weight excluding hydrogens is 202 g/mol. The van der Waals surface area contributed by atoms with E-state index >= 15 is 0 Å². The van der Waals surface area contributed by atoms with Gasteiger partial charge in [0.1, 0.15) is 5.54 Å². The van der Waals surface area contributed by atoms with Crippen LogP contribution in [0, 0.1) is 6.92 Å². The fourth-order valence-electron chi connectivity index (χ4n) is 2.65. The number of rotatable bonds is 0. The Balaban J connectivity index is 2.23. The summed E-state index contributed by atoms with van der Waals surface area (Å²) >= 11 is 0. The SMILES string of the molecule is CC(=O)N1c2ccc(C)cc2C(=O)C12CC2. The summed E-state index contributed by atoms with van der Waals surface area (Å²) in [7, 11) is 0. The van der Waals surface area contributed by atoms with E-state index in [0.717, 1.165) is 24.1 Å². The van der Waals surface area contributed by atoms with Gasteiger partial charge in [0.2, 0.25) is 5.91 Å². The molecule has 3 heteroatoms. The van der Waals surface area contributed by atoms with Gasteiger partial charge in [-0.15, -0.1) is 0 Å². The minimum absolute atomic E-state index is 0.0338. The van der Waals surface area contributed by atoms with Crippen LogP contribution in [0.15, 0.2) is 18.2 Å². The molecule has 1 aromatic rings. The molecule has 0 bridgehead atoms. The number of Topliss-reactive ketones (excluding diaryl/α,β-unsaturated/α-hetero) is 1. The molecule has 0 atom stereocenters. The quantitative estimate of drug-likeness (QED) is 0.664. The standard InChI is InChI=1S/C13H13NO2/c1-8-3-4-11-10(7-8)12(16)13(5-6-13)14(11)9(2)15/h3-4,7H,5-6H2,1-2H3. The lowest BCUT2D eigenvalue weighted by molar-refractivity contribution is -0.116. The van der Waals surface area contributed by atoms with Crippen molar-refractivity contribution in [3.05, 3.63) is 29.3 Å². The first kappa shape index (κ1) is 9.58. The summed E-state index contributed by atoms with van der Waals surface area (Å²) in [4.78, 5) is 25.6. The van der Waals surface area contributed by atoms with Crippen molar-refractivity contribution in [3.8, 4) is 0 Å². The number of ketones is 1. The maximum Gasteiger partial charge on any atom is 0.224 e. The molecule has 1 aliphatic heterocycles.